The van der Waals surface area contributed by atoms with E-state index in [1.54, 1.807) is 6.07 Å². The van der Waals surface area contributed by atoms with Crippen molar-refractivity contribution in [3.63, 3.8) is 0 Å². The average molecular weight is 276 g/mol. The second kappa shape index (κ2) is 4.13. The Morgan fingerprint density at radius 2 is 2.16 bits per heavy atom. The van der Waals surface area contributed by atoms with E-state index in [0.717, 1.165) is 22.2 Å². The van der Waals surface area contributed by atoms with Gasteiger partial charge in [-0.3, -0.25) is 5.10 Å². The molecule has 2 heterocycles. The first-order valence-electron chi connectivity index (χ1n) is 5.63. The van der Waals surface area contributed by atoms with Crippen LogP contribution in [0.3, 0.4) is 0 Å². The van der Waals surface area contributed by atoms with Gasteiger partial charge in [0.2, 0.25) is 0 Å². The summed E-state index contributed by atoms with van der Waals surface area (Å²) >= 11 is 6.01. The molecule has 0 unspecified atom stereocenters. The second-order valence-corrected chi connectivity index (χ2v) is 4.72. The van der Waals surface area contributed by atoms with Gasteiger partial charge in [-0.2, -0.15) is 5.10 Å². The van der Waals surface area contributed by atoms with Gasteiger partial charge in [0.05, 0.1) is 5.69 Å². The average Bonchev–Trinajstić information content (AvgIpc) is 2.92. The Morgan fingerprint density at radius 3 is 2.84 bits per heavy atom. The van der Waals surface area contributed by atoms with Crippen molar-refractivity contribution >= 4 is 28.5 Å². The van der Waals surface area contributed by atoms with Gasteiger partial charge in [-0.25, -0.2) is 4.79 Å². The van der Waals surface area contributed by atoms with Gasteiger partial charge in [0, 0.05) is 27.2 Å². The second-order valence-electron chi connectivity index (χ2n) is 4.29. The molecule has 0 saturated carbocycles. The molecule has 0 atom stereocenters. The number of nitrogens with zero attached hydrogens (tertiary/aromatic N) is 1. The Morgan fingerprint density at radius 1 is 1.37 bits per heavy atom. The van der Waals surface area contributed by atoms with Gasteiger partial charge in [-0.05, 0) is 31.2 Å². The summed E-state index contributed by atoms with van der Waals surface area (Å²) in [5, 5.41) is 17.0. The summed E-state index contributed by atoms with van der Waals surface area (Å²) in [5.74, 6) is -1.03. The van der Waals surface area contributed by atoms with Crippen LogP contribution in [0.25, 0.3) is 22.2 Å². The monoisotopic (exact) mass is 275 g/mol. The molecule has 1 aromatic carbocycles. The molecular formula is C13H10ClN3O2. The van der Waals surface area contributed by atoms with Crippen LogP contribution in [0.4, 0.5) is 0 Å². The number of halogens is 1. The molecule has 0 fully saturated rings. The number of carboxylic acids is 1. The molecule has 0 amide bonds. The van der Waals surface area contributed by atoms with Crippen LogP contribution < -0.4 is 0 Å². The molecule has 0 aliphatic carbocycles. The Balaban J connectivity index is 2.25. The number of aryl methyl sites for hydroxylation is 1. The number of hydrogen-bond acceptors (Lipinski definition) is 2. The van der Waals surface area contributed by atoms with Gasteiger partial charge in [-0.1, -0.05) is 11.6 Å². The molecule has 0 aliphatic rings. The van der Waals surface area contributed by atoms with Crippen molar-refractivity contribution in [3.8, 4) is 11.3 Å². The summed E-state index contributed by atoms with van der Waals surface area (Å²) in [6.07, 6.45) is 0. The molecule has 5 nitrogen and oxygen atoms in total. The normalized spacial score (nSPS) is 11.1. The minimum atomic E-state index is -1.03. The van der Waals surface area contributed by atoms with Gasteiger partial charge in [0.15, 0.2) is 0 Å². The van der Waals surface area contributed by atoms with Crippen LogP contribution in [0.1, 0.15) is 16.2 Å². The minimum absolute atomic E-state index is 0.0609. The van der Waals surface area contributed by atoms with E-state index in [2.05, 4.69) is 15.2 Å². The lowest BCUT2D eigenvalue weighted by atomic mass is 10.1. The highest BCUT2D eigenvalue weighted by molar-refractivity contribution is 6.31. The Hall–Kier alpha value is -2.27. The Labute approximate surface area is 113 Å². The van der Waals surface area contributed by atoms with E-state index in [-0.39, 0.29) is 5.69 Å². The maximum absolute atomic E-state index is 10.9. The van der Waals surface area contributed by atoms with Gasteiger partial charge < -0.3 is 10.1 Å². The van der Waals surface area contributed by atoms with Crippen LogP contribution in [0.15, 0.2) is 24.3 Å². The molecular weight excluding hydrogens is 266 g/mol. The van der Waals surface area contributed by atoms with Crippen LogP contribution in [0, 0.1) is 6.92 Å². The third kappa shape index (κ3) is 1.88. The van der Waals surface area contributed by atoms with E-state index in [4.69, 9.17) is 16.7 Å². The number of nitrogens with one attached hydrogen (secondary N) is 2. The predicted molar refractivity (Wildman–Crippen MR) is 72.6 cm³/mol. The number of carboxylic acid groups (broad SMARTS) is 1. The van der Waals surface area contributed by atoms with Crippen LogP contribution in [-0.2, 0) is 0 Å². The summed E-state index contributed by atoms with van der Waals surface area (Å²) in [6.45, 7) is 1.92. The highest BCUT2D eigenvalue weighted by Crippen LogP contribution is 2.32. The van der Waals surface area contributed by atoms with Crippen LogP contribution in [0.5, 0.6) is 0 Å². The SMILES string of the molecule is Cc1[nH]c2ccc(Cl)cc2c1-c1cc(C(=O)O)[nH]n1. The number of fused-ring (bicyclic) bond motifs is 1. The molecule has 2 aromatic heterocycles. The Bertz CT molecular complexity index is 788. The molecule has 3 rings (SSSR count). The van der Waals surface area contributed by atoms with Gasteiger partial charge >= 0.3 is 5.97 Å². The first kappa shape index (κ1) is 11.8. The third-order valence-electron chi connectivity index (χ3n) is 3.01. The van der Waals surface area contributed by atoms with E-state index >= 15 is 0 Å². The summed E-state index contributed by atoms with van der Waals surface area (Å²) in [4.78, 5) is 14.1. The molecule has 3 aromatic rings. The fourth-order valence-electron chi connectivity index (χ4n) is 2.19. The summed E-state index contributed by atoms with van der Waals surface area (Å²) in [5.41, 5.74) is 3.37. The van der Waals surface area contributed by atoms with E-state index < -0.39 is 5.97 Å². The van der Waals surface area contributed by atoms with Crippen molar-refractivity contribution in [2.45, 2.75) is 6.92 Å². The predicted octanol–water partition coefficient (Wildman–Crippen LogP) is 3.22. The zero-order chi connectivity index (χ0) is 13.6. The number of aromatic carboxylic acids is 1. The number of hydrogen-bond donors (Lipinski definition) is 3. The number of carbonyl (C=O) groups is 1. The molecule has 3 N–H and O–H groups in total. The van der Waals surface area contributed by atoms with Crippen molar-refractivity contribution < 1.29 is 9.90 Å². The van der Waals surface area contributed by atoms with Crippen molar-refractivity contribution in [1.82, 2.24) is 15.2 Å². The molecule has 96 valence electrons. The largest absolute Gasteiger partial charge is 0.477 e. The van der Waals surface area contributed by atoms with E-state index in [1.165, 1.54) is 6.07 Å². The lowest BCUT2D eigenvalue weighted by Gasteiger charge is -1.96. The van der Waals surface area contributed by atoms with Crippen LogP contribution in [0.2, 0.25) is 5.02 Å². The first-order valence-corrected chi connectivity index (χ1v) is 6.01. The van der Waals surface area contributed by atoms with Gasteiger partial charge in [0.25, 0.3) is 0 Å². The van der Waals surface area contributed by atoms with Crippen LogP contribution >= 0.6 is 11.6 Å². The zero-order valence-corrected chi connectivity index (χ0v) is 10.7. The van der Waals surface area contributed by atoms with Gasteiger partial charge in [-0.15, -0.1) is 0 Å². The fourth-order valence-corrected chi connectivity index (χ4v) is 2.36. The molecule has 0 aliphatic heterocycles. The molecule has 19 heavy (non-hydrogen) atoms. The minimum Gasteiger partial charge on any atom is -0.477 e. The number of benzene rings is 1. The van der Waals surface area contributed by atoms with E-state index in [9.17, 15) is 4.79 Å². The molecule has 0 saturated heterocycles. The highest BCUT2D eigenvalue weighted by Gasteiger charge is 2.15. The van der Waals surface area contributed by atoms with Gasteiger partial charge in [0.1, 0.15) is 5.69 Å². The smallest absolute Gasteiger partial charge is 0.353 e. The maximum atomic E-state index is 10.9. The van der Waals surface area contributed by atoms with Crippen molar-refractivity contribution in [1.29, 1.82) is 0 Å². The maximum Gasteiger partial charge on any atom is 0.353 e. The summed E-state index contributed by atoms with van der Waals surface area (Å²) in [7, 11) is 0. The van der Waals surface area contributed by atoms with Crippen molar-refractivity contribution in [3.05, 3.63) is 40.7 Å². The molecule has 0 spiro atoms. The number of aromatic nitrogens is 3. The zero-order valence-electron chi connectivity index (χ0n) is 9.99. The highest BCUT2D eigenvalue weighted by atomic mass is 35.5. The fraction of sp³-hybridized carbons (Fsp3) is 0.0769. The van der Waals surface area contributed by atoms with E-state index in [0.29, 0.717) is 10.7 Å². The molecule has 0 bridgehead atoms. The quantitative estimate of drug-likeness (QED) is 0.671. The van der Waals surface area contributed by atoms with Crippen molar-refractivity contribution in [2.75, 3.05) is 0 Å². The van der Waals surface area contributed by atoms with Crippen LogP contribution in [-0.4, -0.2) is 26.3 Å². The van der Waals surface area contributed by atoms with E-state index in [1.807, 2.05) is 19.1 Å². The number of aromatic amines is 2. The lowest BCUT2D eigenvalue weighted by molar-refractivity contribution is 0.0690. The topological polar surface area (TPSA) is 81.8 Å². The first-order chi connectivity index (χ1) is 9.06. The standard InChI is InChI=1S/C13H10ClN3O2/c1-6-12(10-5-11(13(18)19)17-16-10)8-4-7(14)2-3-9(8)15-6/h2-5,15H,1H3,(H,16,17)(H,18,19). The summed E-state index contributed by atoms with van der Waals surface area (Å²) < 4.78 is 0. The summed E-state index contributed by atoms with van der Waals surface area (Å²) in [6, 6.07) is 7.04. The lowest BCUT2D eigenvalue weighted by Crippen LogP contribution is -1.95. The Kier molecular flexibility index (Phi) is 2.57. The molecule has 6 heteroatoms. The third-order valence-corrected chi connectivity index (χ3v) is 3.25. The number of rotatable bonds is 2. The van der Waals surface area contributed by atoms with Crippen molar-refractivity contribution in [2.24, 2.45) is 0 Å². The molecule has 0 radical (unpaired) electrons. The number of H-pyrrole nitrogens is 2.